The van der Waals surface area contributed by atoms with Gasteiger partial charge in [0.25, 0.3) is 0 Å². The van der Waals surface area contributed by atoms with Gasteiger partial charge in [-0.3, -0.25) is 0 Å². The maximum Gasteiger partial charge on any atom is 0.119 e. The predicted molar refractivity (Wildman–Crippen MR) is 142 cm³/mol. The molecule has 0 saturated heterocycles. The van der Waals surface area contributed by atoms with E-state index in [1.54, 1.807) is 5.56 Å². The van der Waals surface area contributed by atoms with Crippen molar-refractivity contribution in [1.29, 1.82) is 0 Å². The molecule has 0 N–H and O–H groups in total. The molecular formula is C32H52O. The second-order valence-corrected chi connectivity index (χ2v) is 12.3. The summed E-state index contributed by atoms with van der Waals surface area (Å²) in [5, 5.41) is 0. The molecule has 4 saturated carbocycles. The maximum atomic E-state index is 6.16. The molecule has 0 aliphatic heterocycles. The highest BCUT2D eigenvalue weighted by molar-refractivity contribution is 5.34. The zero-order valence-electron chi connectivity index (χ0n) is 22.0. The van der Waals surface area contributed by atoms with Gasteiger partial charge in [0.2, 0.25) is 0 Å². The summed E-state index contributed by atoms with van der Waals surface area (Å²) in [6.07, 6.45) is 27.1. The lowest BCUT2D eigenvalue weighted by atomic mass is 9.51. The molecule has 1 aromatic rings. The Morgan fingerprint density at radius 2 is 1.27 bits per heavy atom. The summed E-state index contributed by atoms with van der Waals surface area (Å²) in [6.45, 7) is 5.55. The molecule has 0 amide bonds. The van der Waals surface area contributed by atoms with Crippen LogP contribution in [0.25, 0.3) is 0 Å². The zero-order chi connectivity index (χ0) is 23.0. The first-order valence-electron chi connectivity index (χ1n) is 14.9. The van der Waals surface area contributed by atoms with Gasteiger partial charge in [0.15, 0.2) is 0 Å². The molecule has 33 heavy (non-hydrogen) atoms. The Hall–Kier alpha value is -0.980. The van der Waals surface area contributed by atoms with E-state index in [2.05, 4.69) is 38.1 Å². The summed E-state index contributed by atoms with van der Waals surface area (Å²) < 4.78 is 6.16. The van der Waals surface area contributed by atoms with Crippen LogP contribution in [0.1, 0.15) is 141 Å². The van der Waals surface area contributed by atoms with Gasteiger partial charge in [-0.25, -0.2) is 0 Å². The van der Waals surface area contributed by atoms with Crippen LogP contribution in [0.5, 0.6) is 5.75 Å². The van der Waals surface area contributed by atoms with Crippen LogP contribution in [-0.2, 0) is 5.41 Å². The van der Waals surface area contributed by atoms with Gasteiger partial charge in [-0.2, -0.15) is 0 Å². The molecule has 4 fully saturated rings. The molecule has 4 aliphatic carbocycles. The smallest absolute Gasteiger partial charge is 0.119 e. The number of ether oxygens (including phenoxy) is 1. The van der Waals surface area contributed by atoms with Gasteiger partial charge in [0.05, 0.1) is 6.61 Å². The summed E-state index contributed by atoms with van der Waals surface area (Å²) in [7, 11) is 0. The monoisotopic (exact) mass is 452 g/mol. The number of benzene rings is 1. The summed E-state index contributed by atoms with van der Waals surface area (Å²) in [6, 6.07) is 9.33. The van der Waals surface area contributed by atoms with Gasteiger partial charge in [-0.15, -0.1) is 0 Å². The Labute approximate surface area is 205 Å². The summed E-state index contributed by atoms with van der Waals surface area (Å²) >= 11 is 0. The molecular weight excluding hydrogens is 400 g/mol. The van der Waals surface area contributed by atoms with E-state index in [1.807, 2.05) is 0 Å². The molecule has 186 valence electrons. The molecule has 0 spiro atoms. The molecule has 1 nitrogen and oxygen atoms in total. The molecule has 1 aromatic carbocycles. The minimum Gasteiger partial charge on any atom is -0.494 e. The second-order valence-electron chi connectivity index (χ2n) is 12.3. The van der Waals surface area contributed by atoms with E-state index >= 15 is 0 Å². The summed E-state index contributed by atoms with van der Waals surface area (Å²) in [5.41, 5.74) is 2.77. The Balaban J connectivity index is 1.14. The highest BCUT2D eigenvalue weighted by Crippen LogP contribution is 2.59. The lowest BCUT2D eigenvalue weighted by Crippen LogP contribution is -2.44. The fourth-order valence-electron chi connectivity index (χ4n) is 7.58. The number of rotatable bonds is 13. The van der Waals surface area contributed by atoms with Crippen LogP contribution in [0, 0.1) is 17.3 Å². The van der Waals surface area contributed by atoms with Gasteiger partial charge >= 0.3 is 0 Å². The fourth-order valence-corrected chi connectivity index (χ4v) is 7.58. The lowest BCUT2D eigenvalue weighted by Gasteiger charge is -2.54. The molecule has 5 rings (SSSR count). The van der Waals surface area contributed by atoms with E-state index in [4.69, 9.17) is 4.74 Å². The Morgan fingerprint density at radius 1 is 0.697 bits per heavy atom. The maximum absolute atomic E-state index is 6.16. The van der Waals surface area contributed by atoms with E-state index < -0.39 is 0 Å². The van der Waals surface area contributed by atoms with E-state index in [9.17, 15) is 0 Å². The topological polar surface area (TPSA) is 9.23 Å². The Kier molecular flexibility index (Phi) is 9.23. The van der Waals surface area contributed by atoms with Crippen molar-refractivity contribution in [2.24, 2.45) is 17.3 Å². The first-order chi connectivity index (χ1) is 16.2. The van der Waals surface area contributed by atoms with Crippen molar-refractivity contribution < 1.29 is 4.74 Å². The number of fused-ring (bicyclic) bond motifs is 3. The lowest BCUT2D eigenvalue weighted by molar-refractivity contribution is 0.0308. The van der Waals surface area contributed by atoms with Gasteiger partial charge < -0.3 is 4.74 Å². The standard InChI is InChI=1S/C32H52O/c1-3-5-7-9-27-11-13-28(14-12-27)10-8-26-33-30-17-15-29(16-18-30)32-23-20-31(21-24-32,22-25-32)19-6-4-2/h15-18,27-28H,3-14,19-26H2,1-2H3. The minimum atomic E-state index is 0.474. The molecule has 0 aromatic heterocycles. The fraction of sp³-hybridized carbons (Fsp3) is 0.812. The molecule has 0 heterocycles. The molecule has 1 heteroatoms. The van der Waals surface area contributed by atoms with E-state index in [-0.39, 0.29) is 0 Å². The van der Waals surface area contributed by atoms with Gasteiger partial charge in [-0.05, 0) is 98.1 Å². The third-order valence-corrected chi connectivity index (χ3v) is 10.1. The van der Waals surface area contributed by atoms with Crippen molar-refractivity contribution in [1.82, 2.24) is 0 Å². The molecule has 0 unspecified atom stereocenters. The van der Waals surface area contributed by atoms with Crippen LogP contribution in [0.3, 0.4) is 0 Å². The average molecular weight is 453 g/mol. The van der Waals surface area contributed by atoms with Crippen molar-refractivity contribution in [2.75, 3.05) is 6.61 Å². The second kappa shape index (κ2) is 12.1. The molecule has 4 aliphatic rings. The summed E-state index contributed by atoms with van der Waals surface area (Å²) in [5.74, 6) is 3.07. The van der Waals surface area contributed by atoms with Crippen LogP contribution >= 0.6 is 0 Å². The Bertz CT molecular complexity index is 656. The first-order valence-corrected chi connectivity index (χ1v) is 14.9. The van der Waals surface area contributed by atoms with E-state index in [0.717, 1.165) is 24.2 Å². The Morgan fingerprint density at radius 3 is 1.85 bits per heavy atom. The molecule has 0 atom stereocenters. The molecule has 2 bridgehead atoms. The van der Waals surface area contributed by atoms with Crippen molar-refractivity contribution in [2.45, 2.75) is 141 Å². The van der Waals surface area contributed by atoms with Crippen LogP contribution in [-0.4, -0.2) is 6.61 Å². The van der Waals surface area contributed by atoms with Crippen molar-refractivity contribution in [3.05, 3.63) is 29.8 Å². The van der Waals surface area contributed by atoms with Crippen molar-refractivity contribution >= 4 is 0 Å². The zero-order valence-corrected chi connectivity index (χ0v) is 22.0. The van der Waals surface area contributed by atoms with Crippen LogP contribution < -0.4 is 4.74 Å². The largest absolute Gasteiger partial charge is 0.494 e. The highest BCUT2D eigenvalue weighted by Gasteiger charge is 2.48. The minimum absolute atomic E-state index is 0.474. The van der Waals surface area contributed by atoms with Crippen molar-refractivity contribution in [3.63, 3.8) is 0 Å². The van der Waals surface area contributed by atoms with Gasteiger partial charge in [0, 0.05) is 0 Å². The number of hydrogen-bond donors (Lipinski definition) is 0. The molecule has 0 radical (unpaired) electrons. The third-order valence-electron chi connectivity index (χ3n) is 10.1. The highest BCUT2D eigenvalue weighted by atomic mass is 16.5. The van der Waals surface area contributed by atoms with E-state index in [1.165, 1.54) is 122 Å². The summed E-state index contributed by atoms with van der Waals surface area (Å²) in [4.78, 5) is 0. The predicted octanol–water partition coefficient (Wildman–Crippen LogP) is 10.0. The van der Waals surface area contributed by atoms with Crippen molar-refractivity contribution in [3.8, 4) is 5.75 Å². The van der Waals surface area contributed by atoms with Crippen LogP contribution in [0.4, 0.5) is 0 Å². The number of unbranched alkanes of at least 4 members (excludes halogenated alkanes) is 3. The van der Waals surface area contributed by atoms with Crippen LogP contribution in [0.2, 0.25) is 0 Å². The first kappa shape index (κ1) is 25.1. The average Bonchev–Trinajstić information content (AvgIpc) is 2.88. The quantitative estimate of drug-likeness (QED) is 0.270. The SMILES string of the molecule is CCCCCC1CCC(CCCOc2ccc(C34CCC(CCCC)(CC3)CC4)cc2)CC1. The van der Waals surface area contributed by atoms with Gasteiger partial charge in [-0.1, -0.05) is 90.2 Å². The van der Waals surface area contributed by atoms with Crippen LogP contribution in [0.15, 0.2) is 24.3 Å². The number of hydrogen-bond acceptors (Lipinski definition) is 1. The normalized spacial score (nSPS) is 31.6. The van der Waals surface area contributed by atoms with Gasteiger partial charge in [0.1, 0.15) is 5.75 Å². The van der Waals surface area contributed by atoms with E-state index in [0.29, 0.717) is 10.8 Å². The third kappa shape index (κ3) is 6.58.